The van der Waals surface area contributed by atoms with Gasteiger partial charge in [-0.2, -0.15) is 5.26 Å². The van der Waals surface area contributed by atoms with Gasteiger partial charge in [-0.3, -0.25) is 0 Å². The molecule has 1 unspecified atom stereocenters. The van der Waals surface area contributed by atoms with E-state index in [2.05, 4.69) is 28.6 Å². The van der Waals surface area contributed by atoms with Crippen molar-refractivity contribution < 1.29 is 0 Å². The molecule has 2 aliphatic rings. The highest BCUT2D eigenvalue weighted by Gasteiger charge is 2.28. The lowest BCUT2D eigenvalue weighted by Crippen LogP contribution is -2.32. The molecule has 2 heterocycles. The third-order valence-electron chi connectivity index (χ3n) is 3.50. The summed E-state index contributed by atoms with van der Waals surface area (Å²) in [6.45, 7) is 5.95. The van der Waals surface area contributed by atoms with Crippen LogP contribution in [0.5, 0.6) is 0 Å². The van der Waals surface area contributed by atoms with Crippen molar-refractivity contribution in [2.45, 2.75) is 13.1 Å². The molecule has 20 heavy (non-hydrogen) atoms. The van der Waals surface area contributed by atoms with Gasteiger partial charge in [0.05, 0.1) is 23.0 Å². The first-order chi connectivity index (χ1) is 9.60. The standard InChI is InChI=1S/C15H15N5/c1-8-5-10(7-16)6-12-14(8)20-15(19-12)13-9(2)18-4-3-11(13)17/h3-6,15,18-20H,2,17H2,1H3. The predicted molar refractivity (Wildman–Crippen MR) is 79.6 cm³/mol. The van der Waals surface area contributed by atoms with E-state index in [9.17, 15) is 0 Å². The summed E-state index contributed by atoms with van der Waals surface area (Å²) < 4.78 is 0. The molecule has 0 amide bonds. The quantitative estimate of drug-likeness (QED) is 0.623. The Labute approximate surface area is 117 Å². The van der Waals surface area contributed by atoms with Gasteiger partial charge in [0.2, 0.25) is 0 Å². The molecule has 5 heteroatoms. The topological polar surface area (TPSA) is 85.9 Å². The lowest BCUT2D eigenvalue weighted by Gasteiger charge is -2.23. The minimum absolute atomic E-state index is 0.150. The Hall–Kier alpha value is -2.87. The number of hydrogen-bond acceptors (Lipinski definition) is 5. The van der Waals surface area contributed by atoms with E-state index in [4.69, 9.17) is 11.0 Å². The summed E-state index contributed by atoms with van der Waals surface area (Å²) >= 11 is 0. The van der Waals surface area contributed by atoms with E-state index in [0.29, 0.717) is 11.3 Å². The second kappa shape index (κ2) is 4.35. The van der Waals surface area contributed by atoms with Crippen molar-refractivity contribution in [3.05, 3.63) is 59.1 Å². The Bertz CT molecular complexity index is 706. The van der Waals surface area contributed by atoms with Gasteiger partial charge in [0, 0.05) is 23.2 Å². The largest absolute Gasteiger partial charge is 0.398 e. The Morgan fingerprint density at radius 2 is 2.15 bits per heavy atom. The zero-order valence-corrected chi connectivity index (χ0v) is 11.1. The zero-order chi connectivity index (χ0) is 14.3. The molecule has 0 saturated heterocycles. The average molecular weight is 265 g/mol. The van der Waals surface area contributed by atoms with Crippen LogP contribution in [-0.4, -0.2) is 6.17 Å². The molecule has 0 spiro atoms. The van der Waals surface area contributed by atoms with Crippen LogP contribution < -0.4 is 21.7 Å². The van der Waals surface area contributed by atoms with Gasteiger partial charge in [-0.1, -0.05) is 6.58 Å². The van der Waals surface area contributed by atoms with Gasteiger partial charge in [-0.15, -0.1) is 0 Å². The van der Waals surface area contributed by atoms with Crippen LogP contribution in [-0.2, 0) is 0 Å². The van der Waals surface area contributed by atoms with Gasteiger partial charge in [0.15, 0.2) is 0 Å². The molecule has 0 saturated carbocycles. The van der Waals surface area contributed by atoms with Crippen LogP contribution in [0.2, 0.25) is 0 Å². The van der Waals surface area contributed by atoms with Crippen molar-refractivity contribution in [3.8, 4) is 6.07 Å². The summed E-state index contributed by atoms with van der Waals surface area (Å²) in [7, 11) is 0. The molecule has 0 fully saturated rings. The molecule has 100 valence electrons. The van der Waals surface area contributed by atoms with Crippen LogP contribution in [0.1, 0.15) is 11.1 Å². The number of dihydropyridines is 1. The normalized spacial score (nSPS) is 19.8. The molecule has 0 aromatic heterocycles. The molecule has 5 N–H and O–H groups in total. The van der Waals surface area contributed by atoms with Crippen molar-refractivity contribution in [1.82, 2.24) is 5.32 Å². The smallest absolute Gasteiger partial charge is 0.127 e. The Balaban J connectivity index is 1.99. The van der Waals surface area contributed by atoms with Crippen LogP contribution in [0, 0.1) is 18.3 Å². The zero-order valence-electron chi connectivity index (χ0n) is 11.1. The van der Waals surface area contributed by atoms with E-state index in [1.807, 2.05) is 25.1 Å². The molecular weight excluding hydrogens is 250 g/mol. The summed E-state index contributed by atoms with van der Waals surface area (Å²) in [4.78, 5) is 0. The Morgan fingerprint density at radius 3 is 2.85 bits per heavy atom. The third kappa shape index (κ3) is 1.79. The predicted octanol–water partition coefficient (Wildman–Crippen LogP) is 1.87. The van der Waals surface area contributed by atoms with E-state index in [1.54, 1.807) is 6.20 Å². The number of fused-ring (bicyclic) bond motifs is 1. The fourth-order valence-corrected chi connectivity index (χ4v) is 2.55. The maximum absolute atomic E-state index is 9.03. The number of rotatable bonds is 1. The van der Waals surface area contributed by atoms with Crippen LogP contribution in [0.3, 0.4) is 0 Å². The van der Waals surface area contributed by atoms with Crippen molar-refractivity contribution in [3.63, 3.8) is 0 Å². The SMILES string of the molecule is C=C1NC=CC(N)=C1C1Nc2cc(C#N)cc(C)c2N1. The van der Waals surface area contributed by atoms with Gasteiger partial charge in [-0.25, -0.2) is 0 Å². The van der Waals surface area contributed by atoms with Crippen molar-refractivity contribution in [1.29, 1.82) is 5.26 Å². The van der Waals surface area contributed by atoms with Gasteiger partial charge in [0.25, 0.3) is 0 Å². The van der Waals surface area contributed by atoms with E-state index in [-0.39, 0.29) is 6.17 Å². The molecule has 5 nitrogen and oxygen atoms in total. The first-order valence-electron chi connectivity index (χ1n) is 6.30. The van der Waals surface area contributed by atoms with Crippen molar-refractivity contribution in [2.75, 3.05) is 10.6 Å². The molecule has 0 radical (unpaired) electrons. The van der Waals surface area contributed by atoms with Crippen LogP contribution in [0.15, 0.2) is 48.0 Å². The summed E-state index contributed by atoms with van der Waals surface area (Å²) in [5.41, 5.74) is 11.9. The lowest BCUT2D eigenvalue weighted by atomic mass is 10.1. The maximum Gasteiger partial charge on any atom is 0.127 e. The lowest BCUT2D eigenvalue weighted by molar-refractivity contribution is 0.902. The summed E-state index contributed by atoms with van der Waals surface area (Å²) in [6, 6.07) is 5.86. The highest BCUT2D eigenvalue weighted by atomic mass is 15.2. The molecule has 1 atom stereocenters. The van der Waals surface area contributed by atoms with Crippen LogP contribution in [0.4, 0.5) is 11.4 Å². The minimum atomic E-state index is -0.150. The number of anilines is 2. The molecule has 0 aliphatic carbocycles. The van der Waals surface area contributed by atoms with E-state index in [0.717, 1.165) is 28.2 Å². The monoisotopic (exact) mass is 265 g/mol. The first kappa shape index (κ1) is 12.2. The molecule has 1 aromatic carbocycles. The number of aryl methyl sites for hydroxylation is 1. The van der Waals surface area contributed by atoms with Crippen molar-refractivity contribution >= 4 is 11.4 Å². The molecule has 0 bridgehead atoms. The van der Waals surface area contributed by atoms with Crippen LogP contribution in [0.25, 0.3) is 0 Å². The van der Waals surface area contributed by atoms with Gasteiger partial charge >= 0.3 is 0 Å². The maximum atomic E-state index is 9.03. The summed E-state index contributed by atoms with van der Waals surface area (Å²) in [5.74, 6) is 0. The van der Waals surface area contributed by atoms with E-state index < -0.39 is 0 Å². The van der Waals surface area contributed by atoms with Gasteiger partial charge < -0.3 is 21.7 Å². The van der Waals surface area contributed by atoms with Gasteiger partial charge in [-0.05, 0) is 30.7 Å². The second-order valence-electron chi connectivity index (χ2n) is 4.87. The number of nitrogens with two attached hydrogens (primary N) is 1. The fourth-order valence-electron chi connectivity index (χ4n) is 2.55. The van der Waals surface area contributed by atoms with E-state index in [1.165, 1.54) is 0 Å². The second-order valence-corrected chi connectivity index (χ2v) is 4.87. The number of nitrogens with zero attached hydrogens (tertiary/aromatic N) is 1. The summed E-state index contributed by atoms with van der Waals surface area (Å²) in [6.07, 6.45) is 3.43. The van der Waals surface area contributed by atoms with Crippen LogP contribution >= 0.6 is 0 Å². The van der Waals surface area contributed by atoms with Gasteiger partial charge in [0.1, 0.15) is 6.17 Å². The number of allylic oxidation sites excluding steroid dienone is 1. The Morgan fingerprint density at radius 1 is 1.35 bits per heavy atom. The summed E-state index contributed by atoms with van der Waals surface area (Å²) in [5, 5.41) is 18.8. The fraction of sp³-hybridized carbons (Fsp3) is 0.133. The van der Waals surface area contributed by atoms with E-state index >= 15 is 0 Å². The average Bonchev–Trinajstić information content (AvgIpc) is 2.82. The third-order valence-corrected chi connectivity index (χ3v) is 3.50. The highest BCUT2D eigenvalue weighted by molar-refractivity contribution is 5.81. The number of nitriles is 1. The molecule has 3 rings (SSSR count). The molecule has 1 aromatic rings. The number of benzene rings is 1. The minimum Gasteiger partial charge on any atom is -0.398 e. The van der Waals surface area contributed by atoms with Crippen molar-refractivity contribution in [2.24, 2.45) is 5.73 Å². The number of nitrogens with one attached hydrogen (secondary N) is 3. The highest BCUT2D eigenvalue weighted by Crippen LogP contribution is 2.36. The Kier molecular flexibility index (Phi) is 2.65. The number of hydrogen-bond donors (Lipinski definition) is 4. The molecule has 2 aliphatic heterocycles. The molecular formula is C15H15N5. The first-order valence-corrected chi connectivity index (χ1v) is 6.30.